The van der Waals surface area contributed by atoms with Crippen LogP contribution in [0.15, 0.2) is 12.2 Å². The van der Waals surface area contributed by atoms with Gasteiger partial charge in [0.05, 0.1) is 0 Å². The second kappa shape index (κ2) is 9.32. The van der Waals surface area contributed by atoms with E-state index in [-0.39, 0.29) is 5.97 Å². The smallest absolute Gasteiger partial charge is 0.335 e. The van der Waals surface area contributed by atoms with Gasteiger partial charge >= 0.3 is 5.97 Å². The molecule has 0 aliphatic rings. The quantitative estimate of drug-likeness (QED) is 0.254. The first-order valence-electron chi connectivity index (χ1n) is 7.45. The molecule has 0 N–H and O–H groups in total. The number of hydrogen-bond donors (Lipinski definition) is 0. The maximum Gasteiger partial charge on any atom is 0.335 e. The lowest BCUT2D eigenvalue weighted by Crippen LogP contribution is -2.42. The van der Waals surface area contributed by atoms with Crippen LogP contribution in [-0.2, 0) is 14.0 Å². The Hall–Kier alpha value is -0.613. The molecule has 0 fully saturated rings. The van der Waals surface area contributed by atoms with E-state index in [1.54, 1.807) is 6.92 Å². The van der Waals surface area contributed by atoms with Crippen LogP contribution in [0.3, 0.4) is 0 Å². The predicted octanol–water partition coefficient (Wildman–Crippen LogP) is 4.64. The summed E-state index contributed by atoms with van der Waals surface area (Å²) in [7, 11) is -1.77. The summed E-state index contributed by atoms with van der Waals surface area (Å²) in [5.74, 6) is -0.361. The largest absolute Gasteiger partial charge is 0.434 e. The Morgan fingerprint density at radius 3 is 1.84 bits per heavy atom. The lowest BCUT2D eigenvalue weighted by Gasteiger charge is -2.33. The summed E-state index contributed by atoms with van der Waals surface area (Å²) in [5.41, 5.74) is 0.421. The van der Waals surface area contributed by atoms with E-state index in [9.17, 15) is 4.79 Å². The van der Waals surface area contributed by atoms with Crippen LogP contribution >= 0.6 is 0 Å². The molecule has 0 spiro atoms. The van der Waals surface area contributed by atoms with E-state index in [1.807, 2.05) is 6.92 Å². The van der Waals surface area contributed by atoms with E-state index < -0.39 is 14.6 Å². The molecular weight excluding hydrogens is 256 g/mol. The van der Waals surface area contributed by atoms with Gasteiger partial charge in [0, 0.05) is 5.57 Å². The zero-order valence-electron chi connectivity index (χ0n) is 13.3. The Morgan fingerprint density at radius 1 is 1.11 bits per heavy atom. The van der Waals surface area contributed by atoms with Gasteiger partial charge in [0.15, 0.2) is 14.6 Å². The lowest BCUT2D eigenvalue weighted by atomic mass is 10.4. The van der Waals surface area contributed by atoms with Crippen LogP contribution in [0.4, 0.5) is 0 Å². The molecule has 0 amide bonds. The molecule has 0 aliphatic carbocycles. The number of hydrogen-bond acceptors (Lipinski definition) is 3. The van der Waals surface area contributed by atoms with Gasteiger partial charge in [-0.15, -0.1) is 0 Å². The zero-order valence-corrected chi connectivity index (χ0v) is 14.3. The molecule has 19 heavy (non-hydrogen) atoms. The summed E-state index contributed by atoms with van der Waals surface area (Å²) in [5, 5.41) is 0. The Morgan fingerprint density at radius 2 is 1.53 bits per heavy atom. The fourth-order valence-corrected chi connectivity index (χ4v) is 7.14. The molecule has 3 nitrogen and oxygen atoms in total. The van der Waals surface area contributed by atoms with Gasteiger partial charge in [-0.25, -0.2) is 4.79 Å². The lowest BCUT2D eigenvalue weighted by molar-refractivity contribution is -0.157. The predicted molar refractivity (Wildman–Crippen MR) is 82.5 cm³/mol. The Labute approximate surface area is 119 Å². The molecule has 4 heteroatoms. The standard InChI is InChI=1S/C15H30O3Si/c1-7-10-19(11-8-2,12-9-3)18-14(6)17-15(16)13(4)5/h14H,4,7-12H2,1-3,5-6H3. The van der Waals surface area contributed by atoms with E-state index in [1.165, 1.54) is 0 Å². The van der Waals surface area contributed by atoms with Crippen LogP contribution in [0.25, 0.3) is 0 Å². The summed E-state index contributed by atoms with van der Waals surface area (Å²) in [6.45, 7) is 13.7. The van der Waals surface area contributed by atoms with Gasteiger partial charge < -0.3 is 9.16 Å². The SMILES string of the molecule is C=C(C)C(=O)OC(C)O[Si](CCC)(CCC)CCC. The molecule has 0 bridgehead atoms. The number of ether oxygens (including phenoxy) is 1. The van der Waals surface area contributed by atoms with Crippen molar-refractivity contribution >= 4 is 14.3 Å². The summed E-state index contributed by atoms with van der Waals surface area (Å²) in [4.78, 5) is 11.5. The molecule has 0 rings (SSSR count). The van der Waals surface area contributed by atoms with Crippen molar-refractivity contribution in [1.82, 2.24) is 0 Å². The van der Waals surface area contributed by atoms with Crippen LogP contribution in [0.5, 0.6) is 0 Å². The van der Waals surface area contributed by atoms with Crippen molar-refractivity contribution < 1.29 is 14.0 Å². The Balaban J connectivity index is 4.68. The van der Waals surface area contributed by atoms with Crippen molar-refractivity contribution in [2.75, 3.05) is 0 Å². The highest BCUT2D eigenvalue weighted by Gasteiger charge is 2.34. The van der Waals surface area contributed by atoms with E-state index in [0.29, 0.717) is 5.57 Å². The molecule has 1 unspecified atom stereocenters. The maximum atomic E-state index is 11.5. The monoisotopic (exact) mass is 286 g/mol. The second-order valence-corrected chi connectivity index (χ2v) is 9.41. The third-order valence-corrected chi connectivity index (χ3v) is 8.22. The van der Waals surface area contributed by atoms with Crippen LogP contribution in [-0.4, -0.2) is 20.6 Å². The van der Waals surface area contributed by atoms with Crippen molar-refractivity contribution in [3.8, 4) is 0 Å². The highest BCUT2D eigenvalue weighted by Crippen LogP contribution is 2.29. The average molecular weight is 286 g/mol. The number of carbonyl (C=O) groups is 1. The molecule has 112 valence electrons. The van der Waals surface area contributed by atoms with Gasteiger partial charge in [0.25, 0.3) is 0 Å². The molecule has 0 heterocycles. The van der Waals surface area contributed by atoms with Crippen molar-refractivity contribution in [3.05, 3.63) is 12.2 Å². The summed E-state index contributed by atoms with van der Waals surface area (Å²) >= 11 is 0. The van der Waals surface area contributed by atoms with Crippen LogP contribution in [0.1, 0.15) is 53.9 Å². The van der Waals surface area contributed by atoms with Crippen LogP contribution in [0.2, 0.25) is 18.1 Å². The van der Waals surface area contributed by atoms with Crippen molar-refractivity contribution in [3.63, 3.8) is 0 Å². The molecule has 0 saturated heterocycles. The third kappa shape index (κ3) is 6.92. The first kappa shape index (κ1) is 18.4. The van der Waals surface area contributed by atoms with Gasteiger partial charge in [-0.2, -0.15) is 0 Å². The molecule has 0 aromatic rings. The normalized spacial score (nSPS) is 13.1. The summed E-state index contributed by atoms with van der Waals surface area (Å²) in [6, 6.07) is 3.43. The van der Waals surface area contributed by atoms with E-state index in [4.69, 9.17) is 9.16 Å². The fraction of sp³-hybridized carbons (Fsp3) is 0.800. The minimum absolute atomic E-state index is 0.361. The Kier molecular flexibility index (Phi) is 9.02. The van der Waals surface area contributed by atoms with Gasteiger partial charge in [0.1, 0.15) is 0 Å². The number of esters is 1. The molecule has 0 saturated carbocycles. The number of carbonyl (C=O) groups excluding carboxylic acids is 1. The highest BCUT2D eigenvalue weighted by atomic mass is 28.4. The van der Waals surface area contributed by atoms with Gasteiger partial charge in [-0.3, -0.25) is 0 Å². The van der Waals surface area contributed by atoms with Crippen LogP contribution in [0, 0.1) is 0 Å². The van der Waals surface area contributed by atoms with Crippen molar-refractivity contribution in [1.29, 1.82) is 0 Å². The molecular formula is C15H30O3Si. The van der Waals surface area contributed by atoms with E-state index in [2.05, 4.69) is 27.4 Å². The van der Waals surface area contributed by atoms with Gasteiger partial charge in [-0.1, -0.05) is 46.6 Å². The minimum atomic E-state index is -1.77. The summed E-state index contributed by atoms with van der Waals surface area (Å²) < 4.78 is 11.5. The van der Waals surface area contributed by atoms with Crippen LogP contribution < -0.4 is 0 Å². The zero-order chi connectivity index (χ0) is 14.9. The highest BCUT2D eigenvalue weighted by molar-refractivity contribution is 6.73. The molecule has 0 aliphatic heterocycles. The van der Waals surface area contributed by atoms with Crippen molar-refractivity contribution in [2.24, 2.45) is 0 Å². The second-order valence-electron chi connectivity index (χ2n) is 5.30. The molecule has 0 aromatic carbocycles. The minimum Gasteiger partial charge on any atom is -0.434 e. The first-order chi connectivity index (χ1) is 8.90. The maximum absolute atomic E-state index is 11.5. The van der Waals surface area contributed by atoms with Crippen molar-refractivity contribution in [2.45, 2.75) is 78.3 Å². The number of rotatable bonds is 10. The summed E-state index contributed by atoms with van der Waals surface area (Å²) in [6.07, 6.45) is 2.94. The molecule has 0 radical (unpaired) electrons. The molecule has 1 atom stereocenters. The average Bonchev–Trinajstić information content (AvgIpc) is 2.29. The molecule has 0 aromatic heterocycles. The first-order valence-corrected chi connectivity index (χ1v) is 9.98. The van der Waals surface area contributed by atoms with E-state index >= 15 is 0 Å². The van der Waals surface area contributed by atoms with Gasteiger partial charge in [0.2, 0.25) is 0 Å². The van der Waals surface area contributed by atoms with E-state index in [0.717, 1.165) is 37.4 Å². The Bertz CT molecular complexity index is 272. The third-order valence-electron chi connectivity index (χ3n) is 3.15. The topological polar surface area (TPSA) is 35.5 Å². The van der Waals surface area contributed by atoms with Gasteiger partial charge in [-0.05, 0) is 32.0 Å². The fourth-order valence-electron chi connectivity index (χ4n) is 2.55.